The Balaban J connectivity index is 4.23. The maximum Gasteiger partial charge on any atom is 0.220 e. The average Bonchev–Trinajstić information content (AvgIpc) is 1.81. The summed E-state index contributed by atoms with van der Waals surface area (Å²) < 4.78 is 0. The Morgan fingerprint density at radius 1 is 1.54 bits per heavy atom. The second kappa shape index (κ2) is 5.22. The lowest BCUT2D eigenvalue weighted by Gasteiger charge is -2.28. The van der Waals surface area contributed by atoms with Crippen LogP contribution in [0.3, 0.4) is 0 Å². The van der Waals surface area contributed by atoms with Crippen LogP contribution in [0.1, 0.15) is 46.5 Å². The fourth-order valence-corrected chi connectivity index (χ4v) is 1.81. The van der Waals surface area contributed by atoms with Crippen molar-refractivity contribution < 1.29 is 9.90 Å². The van der Waals surface area contributed by atoms with Gasteiger partial charge in [0.15, 0.2) is 0 Å². The molecule has 0 radical (unpaired) electrons. The van der Waals surface area contributed by atoms with Gasteiger partial charge in [-0.25, -0.2) is 0 Å². The van der Waals surface area contributed by atoms with Gasteiger partial charge in [0, 0.05) is 0 Å². The molecule has 78 valence electrons. The van der Waals surface area contributed by atoms with Crippen LogP contribution in [0, 0.1) is 5.92 Å². The number of amides is 1. The van der Waals surface area contributed by atoms with E-state index in [-0.39, 0.29) is 6.42 Å². The Labute approximate surface area is 80.3 Å². The molecule has 1 amide bonds. The standard InChI is InChI=1S/C10H21NO2/c1-4-5-10(13,6-8(2)3)7-9(11)12/h8,13H,4-7H2,1-3H3,(H2,11,12). The van der Waals surface area contributed by atoms with Gasteiger partial charge >= 0.3 is 0 Å². The molecule has 0 rings (SSSR count). The summed E-state index contributed by atoms with van der Waals surface area (Å²) in [6.45, 7) is 6.05. The molecule has 1 atom stereocenters. The summed E-state index contributed by atoms with van der Waals surface area (Å²) in [7, 11) is 0. The summed E-state index contributed by atoms with van der Waals surface area (Å²) in [5.41, 5.74) is 4.21. The molecule has 3 nitrogen and oxygen atoms in total. The third-order valence-electron chi connectivity index (χ3n) is 2.01. The van der Waals surface area contributed by atoms with E-state index >= 15 is 0 Å². The van der Waals surface area contributed by atoms with Crippen LogP contribution in [-0.4, -0.2) is 16.6 Å². The number of carbonyl (C=O) groups is 1. The summed E-state index contributed by atoms with van der Waals surface area (Å²) in [6.07, 6.45) is 2.24. The van der Waals surface area contributed by atoms with Crippen LogP contribution in [0.5, 0.6) is 0 Å². The van der Waals surface area contributed by atoms with Crippen LogP contribution in [0.4, 0.5) is 0 Å². The van der Waals surface area contributed by atoms with Crippen LogP contribution in [0.25, 0.3) is 0 Å². The van der Waals surface area contributed by atoms with Crippen molar-refractivity contribution in [2.24, 2.45) is 11.7 Å². The van der Waals surface area contributed by atoms with Gasteiger partial charge in [0.25, 0.3) is 0 Å². The molecule has 0 spiro atoms. The molecule has 0 bridgehead atoms. The Kier molecular flexibility index (Phi) is 4.99. The number of hydrogen-bond acceptors (Lipinski definition) is 2. The van der Waals surface area contributed by atoms with E-state index < -0.39 is 11.5 Å². The Morgan fingerprint density at radius 3 is 2.38 bits per heavy atom. The monoisotopic (exact) mass is 187 g/mol. The molecule has 0 aliphatic rings. The van der Waals surface area contributed by atoms with Gasteiger partial charge in [-0.1, -0.05) is 27.2 Å². The first-order valence-corrected chi connectivity index (χ1v) is 4.90. The molecule has 0 heterocycles. The maximum absolute atomic E-state index is 10.7. The Hall–Kier alpha value is -0.570. The molecule has 0 saturated heterocycles. The number of aliphatic hydroxyl groups is 1. The van der Waals surface area contributed by atoms with Gasteiger partial charge in [-0.3, -0.25) is 4.79 Å². The molecular weight excluding hydrogens is 166 g/mol. The van der Waals surface area contributed by atoms with Gasteiger partial charge in [-0.05, 0) is 18.8 Å². The molecule has 3 N–H and O–H groups in total. The first-order chi connectivity index (χ1) is 5.89. The molecular formula is C10H21NO2. The topological polar surface area (TPSA) is 63.3 Å². The summed E-state index contributed by atoms with van der Waals surface area (Å²) in [4.78, 5) is 10.7. The Bertz CT molecular complexity index is 168. The molecule has 3 heteroatoms. The van der Waals surface area contributed by atoms with Crippen molar-refractivity contribution >= 4 is 5.91 Å². The van der Waals surface area contributed by atoms with Crippen molar-refractivity contribution in [3.05, 3.63) is 0 Å². The summed E-state index contributed by atoms with van der Waals surface area (Å²) >= 11 is 0. The van der Waals surface area contributed by atoms with Crippen molar-refractivity contribution in [2.45, 2.75) is 52.1 Å². The van der Waals surface area contributed by atoms with Gasteiger partial charge in [-0.2, -0.15) is 0 Å². The van der Waals surface area contributed by atoms with Crippen LogP contribution in [0.2, 0.25) is 0 Å². The molecule has 0 aromatic heterocycles. The second-order valence-electron chi connectivity index (χ2n) is 4.22. The highest BCUT2D eigenvalue weighted by Crippen LogP contribution is 2.25. The van der Waals surface area contributed by atoms with Crippen molar-refractivity contribution in [3.63, 3.8) is 0 Å². The first-order valence-electron chi connectivity index (χ1n) is 4.90. The zero-order valence-corrected chi connectivity index (χ0v) is 8.84. The van der Waals surface area contributed by atoms with Gasteiger partial charge < -0.3 is 10.8 Å². The minimum Gasteiger partial charge on any atom is -0.389 e. The van der Waals surface area contributed by atoms with Gasteiger partial charge in [-0.15, -0.1) is 0 Å². The highest BCUT2D eigenvalue weighted by Gasteiger charge is 2.28. The highest BCUT2D eigenvalue weighted by molar-refractivity contribution is 5.74. The molecule has 0 aromatic rings. The molecule has 0 saturated carbocycles. The smallest absolute Gasteiger partial charge is 0.220 e. The van der Waals surface area contributed by atoms with Crippen LogP contribution < -0.4 is 5.73 Å². The van der Waals surface area contributed by atoms with E-state index in [1.165, 1.54) is 0 Å². The fraction of sp³-hybridized carbons (Fsp3) is 0.900. The molecule has 13 heavy (non-hydrogen) atoms. The first kappa shape index (κ1) is 12.4. The third kappa shape index (κ3) is 5.64. The van der Waals surface area contributed by atoms with E-state index in [0.29, 0.717) is 18.8 Å². The largest absolute Gasteiger partial charge is 0.389 e. The Morgan fingerprint density at radius 2 is 2.08 bits per heavy atom. The van der Waals surface area contributed by atoms with Crippen LogP contribution >= 0.6 is 0 Å². The number of carbonyl (C=O) groups excluding carboxylic acids is 1. The predicted molar refractivity (Wildman–Crippen MR) is 53.1 cm³/mol. The van der Waals surface area contributed by atoms with E-state index in [4.69, 9.17) is 5.73 Å². The number of nitrogens with two attached hydrogens (primary N) is 1. The minimum absolute atomic E-state index is 0.0824. The maximum atomic E-state index is 10.7. The highest BCUT2D eigenvalue weighted by atomic mass is 16.3. The SMILES string of the molecule is CCCC(O)(CC(N)=O)CC(C)C. The number of primary amides is 1. The van der Waals surface area contributed by atoms with Crippen LogP contribution in [0.15, 0.2) is 0 Å². The minimum atomic E-state index is -0.880. The molecule has 0 fully saturated rings. The lowest BCUT2D eigenvalue weighted by atomic mass is 9.85. The second-order valence-corrected chi connectivity index (χ2v) is 4.22. The van der Waals surface area contributed by atoms with Gasteiger partial charge in [0.1, 0.15) is 0 Å². The summed E-state index contributed by atoms with van der Waals surface area (Å²) in [5, 5.41) is 10.1. The quantitative estimate of drug-likeness (QED) is 0.661. The predicted octanol–water partition coefficient (Wildman–Crippen LogP) is 1.44. The van der Waals surface area contributed by atoms with E-state index in [9.17, 15) is 9.90 Å². The van der Waals surface area contributed by atoms with E-state index in [2.05, 4.69) is 0 Å². The zero-order valence-electron chi connectivity index (χ0n) is 8.84. The molecule has 0 aromatic carbocycles. The van der Waals surface area contributed by atoms with E-state index in [0.717, 1.165) is 6.42 Å². The molecule has 1 unspecified atom stereocenters. The van der Waals surface area contributed by atoms with Crippen molar-refractivity contribution in [3.8, 4) is 0 Å². The normalized spacial score (nSPS) is 15.8. The van der Waals surface area contributed by atoms with E-state index in [1.54, 1.807) is 0 Å². The lowest BCUT2D eigenvalue weighted by Crippen LogP contribution is -2.35. The molecule has 0 aliphatic heterocycles. The average molecular weight is 187 g/mol. The number of rotatable bonds is 6. The third-order valence-corrected chi connectivity index (χ3v) is 2.01. The van der Waals surface area contributed by atoms with Crippen molar-refractivity contribution in [1.82, 2.24) is 0 Å². The van der Waals surface area contributed by atoms with Gasteiger partial charge in [0.2, 0.25) is 5.91 Å². The number of hydrogen-bond donors (Lipinski definition) is 2. The molecule has 0 aliphatic carbocycles. The van der Waals surface area contributed by atoms with Crippen molar-refractivity contribution in [2.75, 3.05) is 0 Å². The summed E-state index contributed by atoms with van der Waals surface area (Å²) in [5.74, 6) is -0.0347. The lowest BCUT2D eigenvalue weighted by molar-refractivity contribution is -0.123. The van der Waals surface area contributed by atoms with Gasteiger partial charge in [0.05, 0.1) is 12.0 Å². The zero-order chi connectivity index (χ0) is 10.5. The van der Waals surface area contributed by atoms with E-state index in [1.807, 2.05) is 20.8 Å². The fourth-order valence-electron chi connectivity index (χ4n) is 1.81. The van der Waals surface area contributed by atoms with Crippen LogP contribution in [-0.2, 0) is 4.79 Å². The summed E-state index contributed by atoms with van der Waals surface area (Å²) in [6, 6.07) is 0. The van der Waals surface area contributed by atoms with Crippen molar-refractivity contribution in [1.29, 1.82) is 0 Å².